The normalized spacial score (nSPS) is 15.2. The van der Waals surface area contributed by atoms with Crippen molar-refractivity contribution in [1.29, 1.82) is 0 Å². The summed E-state index contributed by atoms with van der Waals surface area (Å²) >= 11 is -0.935. The second kappa shape index (κ2) is 4.77. The maximum absolute atomic E-state index is 12.6. The molecule has 0 aromatic rings. The first-order valence-corrected chi connectivity index (χ1v) is 5.14. The Kier molecular flexibility index (Phi) is 4.69. The van der Waals surface area contributed by atoms with Crippen molar-refractivity contribution in [1.82, 2.24) is 0 Å². The highest BCUT2D eigenvalue weighted by atomic mass is 32.2. The lowest BCUT2D eigenvalue weighted by Gasteiger charge is -2.33. The maximum Gasteiger partial charge on any atom is 0.460 e. The van der Waals surface area contributed by atoms with Crippen LogP contribution in [0.3, 0.4) is 0 Å². The number of rotatable bonds is 5. The largest absolute Gasteiger partial charge is 0.460 e. The summed E-state index contributed by atoms with van der Waals surface area (Å²) in [6, 6.07) is 0. The first-order valence-electron chi connectivity index (χ1n) is 4.15. The van der Waals surface area contributed by atoms with Crippen LogP contribution in [0, 0.1) is 0 Å². The fourth-order valence-electron chi connectivity index (χ4n) is 0.682. The van der Waals surface area contributed by atoms with Crippen LogP contribution in [0.1, 0.15) is 13.3 Å². The van der Waals surface area contributed by atoms with Crippen molar-refractivity contribution in [2.24, 2.45) is 0 Å². The molecule has 0 amide bonds. The molecule has 0 N–H and O–H groups in total. The summed E-state index contributed by atoms with van der Waals surface area (Å²) < 4.78 is 110. The number of thioether (sulfide) groups is 1. The average molecular weight is 294 g/mol. The molecule has 104 valence electrons. The third kappa shape index (κ3) is 2.94. The molecule has 0 rings (SSSR count). The summed E-state index contributed by atoms with van der Waals surface area (Å²) in [4.78, 5) is 0. The second-order valence-corrected chi connectivity index (χ2v) is 4.22. The summed E-state index contributed by atoms with van der Waals surface area (Å²) in [6.07, 6.45) is -6.82. The fraction of sp³-hybridized carbons (Fsp3) is 1.00. The molecule has 0 aliphatic rings. The van der Waals surface area contributed by atoms with Gasteiger partial charge in [0.05, 0.1) is 0 Å². The van der Waals surface area contributed by atoms with Gasteiger partial charge in [-0.1, -0.05) is 18.7 Å². The van der Waals surface area contributed by atoms with Crippen molar-refractivity contribution in [3.8, 4) is 0 Å². The Hall–Kier alpha value is -0.280. The number of halogens is 9. The van der Waals surface area contributed by atoms with Crippen LogP contribution in [-0.2, 0) is 0 Å². The summed E-state index contributed by atoms with van der Waals surface area (Å²) in [7, 11) is 0. The van der Waals surface area contributed by atoms with E-state index < -0.39 is 40.8 Å². The Bertz CT molecular complexity index is 257. The predicted molar refractivity (Wildman–Crippen MR) is 43.6 cm³/mol. The Morgan fingerprint density at radius 3 is 1.47 bits per heavy atom. The van der Waals surface area contributed by atoms with E-state index in [1.807, 2.05) is 0 Å². The lowest BCUT2D eigenvalue weighted by Crippen LogP contribution is -2.59. The van der Waals surface area contributed by atoms with E-state index >= 15 is 0 Å². The van der Waals surface area contributed by atoms with Crippen LogP contribution in [0.2, 0.25) is 0 Å². The summed E-state index contributed by atoms with van der Waals surface area (Å²) in [5, 5.41) is -5.50. The van der Waals surface area contributed by atoms with E-state index in [-0.39, 0.29) is 6.42 Å². The minimum absolute atomic E-state index is 0.0755. The molecule has 0 fully saturated rings. The molecule has 0 aromatic heterocycles. The zero-order valence-electron chi connectivity index (χ0n) is 8.22. The van der Waals surface area contributed by atoms with Crippen molar-refractivity contribution < 1.29 is 39.5 Å². The highest BCUT2D eigenvalue weighted by Crippen LogP contribution is 2.56. The van der Waals surface area contributed by atoms with Crippen LogP contribution < -0.4 is 0 Å². The van der Waals surface area contributed by atoms with E-state index in [0.29, 0.717) is 0 Å². The quantitative estimate of drug-likeness (QED) is 0.670. The first-order chi connectivity index (χ1) is 7.31. The van der Waals surface area contributed by atoms with Crippen molar-refractivity contribution in [3.63, 3.8) is 0 Å². The summed E-state index contributed by atoms with van der Waals surface area (Å²) in [5.74, 6) is -14.0. The molecule has 0 aliphatic heterocycles. The van der Waals surface area contributed by atoms with Crippen molar-refractivity contribution in [3.05, 3.63) is 0 Å². The van der Waals surface area contributed by atoms with Crippen LogP contribution in [-0.4, -0.2) is 29.0 Å². The van der Waals surface area contributed by atoms with Gasteiger partial charge < -0.3 is 0 Å². The Labute approximate surface area is 94.5 Å². The van der Waals surface area contributed by atoms with Gasteiger partial charge in [0.2, 0.25) is 0 Å². The molecule has 0 unspecified atom stereocenters. The van der Waals surface area contributed by atoms with E-state index in [2.05, 4.69) is 0 Å². The second-order valence-electron chi connectivity index (χ2n) is 3.01. The van der Waals surface area contributed by atoms with E-state index in [4.69, 9.17) is 0 Å². The van der Waals surface area contributed by atoms with Gasteiger partial charge in [-0.05, 0) is 12.2 Å². The predicted octanol–water partition coefficient (Wildman–Crippen LogP) is 4.56. The highest BCUT2D eigenvalue weighted by Gasteiger charge is 2.81. The molecular weight excluding hydrogens is 287 g/mol. The van der Waals surface area contributed by atoms with Gasteiger partial charge in [-0.2, -0.15) is 39.5 Å². The third-order valence-electron chi connectivity index (χ3n) is 1.60. The van der Waals surface area contributed by atoms with E-state index in [1.165, 1.54) is 6.92 Å². The molecule has 17 heavy (non-hydrogen) atoms. The monoisotopic (exact) mass is 294 g/mol. The van der Waals surface area contributed by atoms with Gasteiger partial charge in [0.15, 0.2) is 0 Å². The number of alkyl halides is 9. The van der Waals surface area contributed by atoms with Gasteiger partial charge in [0.25, 0.3) is 0 Å². The first kappa shape index (κ1) is 16.7. The van der Waals surface area contributed by atoms with Gasteiger partial charge in [-0.15, -0.1) is 0 Å². The van der Waals surface area contributed by atoms with Gasteiger partial charge >= 0.3 is 23.3 Å². The Balaban J connectivity index is 5.24. The van der Waals surface area contributed by atoms with Crippen molar-refractivity contribution >= 4 is 11.8 Å². The number of hydrogen-bond acceptors (Lipinski definition) is 1. The zero-order valence-corrected chi connectivity index (χ0v) is 9.04. The standard InChI is InChI=1S/C7H7F9S/c1-2-3-17-7(15,16)5(10,11)4(8,9)6(12,13)14/h2-3H2,1H3. The van der Waals surface area contributed by atoms with E-state index in [0.717, 1.165) is 0 Å². The molecule has 10 heteroatoms. The van der Waals surface area contributed by atoms with Gasteiger partial charge in [-0.25, -0.2) is 0 Å². The molecule has 0 saturated heterocycles. The van der Waals surface area contributed by atoms with E-state index in [9.17, 15) is 39.5 Å². The molecule has 0 aromatic carbocycles. The van der Waals surface area contributed by atoms with Crippen molar-refractivity contribution in [2.45, 2.75) is 36.6 Å². The Morgan fingerprint density at radius 2 is 1.18 bits per heavy atom. The van der Waals surface area contributed by atoms with Gasteiger partial charge in [0.1, 0.15) is 0 Å². The van der Waals surface area contributed by atoms with Crippen molar-refractivity contribution in [2.75, 3.05) is 5.75 Å². The molecule has 0 radical (unpaired) electrons. The Morgan fingerprint density at radius 1 is 0.765 bits per heavy atom. The fourth-order valence-corrected chi connectivity index (χ4v) is 1.45. The molecule has 0 nitrogen and oxygen atoms in total. The molecule has 0 saturated carbocycles. The van der Waals surface area contributed by atoms with Crippen LogP contribution in [0.15, 0.2) is 0 Å². The molecule has 0 bridgehead atoms. The molecule has 0 aliphatic carbocycles. The number of hydrogen-bond donors (Lipinski definition) is 0. The molecule has 0 spiro atoms. The van der Waals surface area contributed by atoms with Gasteiger partial charge in [0, 0.05) is 0 Å². The molecule has 0 atom stereocenters. The smallest absolute Gasteiger partial charge is 0.191 e. The van der Waals surface area contributed by atoms with E-state index in [1.54, 1.807) is 0 Å². The molecular formula is C7H7F9S. The topological polar surface area (TPSA) is 0 Å². The zero-order chi connectivity index (χ0) is 14.1. The highest BCUT2D eigenvalue weighted by molar-refractivity contribution is 8.00. The van der Waals surface area contributed by atoms with Crippen LogP contribution >= 0.6 is 11.8 Å². The minimum atomic E-state index is -6.79. The third-order valence-corrected chi connectivity index (χ3v) is 2.83. The van der Waals surface area contributed by atoms with Gasteiger partial charge in [-0.3, -0.25) is 0 Å². The summed E-state index contributed by atoms with van der Waals surface area (Å²) in [5.41, 5.74) is 0. The lowest BCUT2D eigenvalue weighted by molar-refractivity contribution is -0.381. The summed E-state index contributed by atoms with van der Waals surface area (Å²) in [6.45, 7) is 1.28. The SMILES string of the molecule is CCCSC(F)(F)C(F)(F)C(F)(F)C(F)(F)F. The maximum atomic E-state index is 12.6. The van der Waals surface area contributed by atoms with Crippen LogP contribution in [0.4, 0.5) is 39.5 Å². The molecule has 0 heterocycles. The average Bonchev–Trinajstić information content (AvgIpc) is 2.12. The lowest BCUT2D eigenvalue weighted by atomic mass is 10.1. The van der Waals surface area contributed by atoms with Crippen LogP contribution in [0.5, 0.6) is 0 Å². The minimum Gasteiger partial charge on any atom is -0.191 e. The van der Waals surface area contributed by atoms with Crippen LogP contribution in [0.25, 0.3) is 0 Å².